The van der Waals surface area contributed by atoms with Crippen LogP contribution in [0.2, 0.25) is 0 Å². The van der Waals surface area contributed by atoms with Gasteiger partial charge < -0.3 is 9.30 Å². The molecule has 3 rings (SSSR count). The molecule has 132 valence electrons. The molecule has 0 saturated heterocycles. The summed E-state index contributed by atoms with van der Waals surface area (Å²) in [5, 5.41) is 1.76. The van der Waals surface area contributed by atoms with Gasteiger partial charge in [-0.3, -0.25) is 9.59 Å². The molecule has 8 heteroatoms. The van der Waals surface area contributed by atoms with Gasteiger partial charge in [0.1, 0.15) is 5.69 Å². The molecule has 0 saturated carbocycles. The Morgan fingerprint density at radius 2 is 2.24 bits per heavy atom. The number of thiophene rings is 1. The third-order valence-corrected chi connectivity index (χ3v) is 6.73. The van der Waals surface area contributed by atoms with Gasteiger partial charge in [-0.25, -0.2) is 8.42 Å². The van der Waals surface area contributed by atoms with Crippen molar-refractivity contribution in [2.75, 3.05) is 12.9 Å². The summed E-state index contributed by atoms with van der Waals surface area (Å²) in [4.78, 5) is 25.3. The molecule has 25 heavy (non-hydrogen) atoms. The van der Waals surface area contributed by atoms with Gasteiger partial charge in [-0.05, 0) is 23.9 Å². The lowest BCUT2D eigenvalue weighted by Gasteiger charge is -2.07. The molecule has 3 heterocycles. The summed E-state index contributed by atoms with van der Waals surface area (Å²) in [6.45, 7) is 3.87. The number of hydrogen-bond donors (Lipinski definition) is 0. The van der Waals surface area contributed by atoms with Crippen LogP contribution in [-0.4, -0.2) is 37.6 Å². The van der Waals surface area contributed by atoms with Gasteiger partial charge in [-0.15, -0.1) is 17.9 Å². The lowest BCUT2D eigenvalue weighted by molar-refractivity contribution is -0.142. The van der Waals surface area contributed by atoms with E-state index in [1.54, 1.807) is 22.1 Å². The minimum atomic E-state index is -3.72. The average Bonchev–Trinajstić information content (AvgIpc) is 3.29. The predicted molar refractivity (Wildman–Crippen MR) is 93.8 cm³/mol. The maximum absolute atomic E-state index is 12.9. The number of carbonyl (C=O) groups excluding carboxylic acids is 2. The minimum Gasteiger partial charge on any atom is -0.469 e. The Morgan fingerprint density at radius 1 is 1.48 bits per heavy atom. The molecule has 1 unspecified atom stereocenters. The Hall–Kier alpha value is -2.19. The zero-order valence-electron chi connectivity index (χ0n) is 13.6. The van der Waals surface area contributed by atoms with Crippen molar-refractivity contribution in [3.05, 3.63) is 52.5 Å². The van der Waals surface area contributed by atoms with Crippen LogP contribution >= 0.6 is 11.3 Å². The van der Waals surface area contributed by atoms with E-state index in [9.17, 15) is 18.0 Å². The molecule has 0 radical (unpaired) electrons. The third kappa shape index (κ3) is 2.96. The first-order valence-corrected chi connectivity index (χ1v) is 10.2. The fraction of sp³-hybridized carbons (Fsp3) is 0.294. The van der Waals surface area contributed by atoms with Crippen molar-refractivity contribution in [2.45, 2.75) is 23.8 Å². The van der Waals surface area contributed by atoms with E-state index >= 15 is 0 Å². The molecule has 0 fully saturated rings. The van der Waals surface area contributed by atoms with Crippen molar-refractivity contribution in [3.63, 3.8) is 0 Å². The first kappa shape index (κ1) is 17.6. The van der Waals surface area contributed by atoms with Crippen molar-refractivity contribution in [2.24, 2.45) is 0 Å². The molecule has 2 aromatic heterocycles. The number of carbonyl (C=O) groups is 2. The van der Waals surface area contributed by atoms with Crippen LogP contribution in [-0.2, 0) is 25.9 Å². The van der Waals surface area contributed by atoms with Crippen LogP contribution in [0.15, 0.2) is 41.1 Å². The molecule has 1 aliphatic rings. The molecule has 1 aliphatic heterocycles. The van der Waals surface area contributed by atoms with Crippen LogP contribution in [0.4, 0.5) is 0 Å². The lowest BCUT2D eigenvalue weighted by Crippen LogP contribution is -2.14. The highest BCUT2D eigenvalue weighted by atomic mass is 32.2. The highest BCUT2D eigenvalue weighted by Gasteiger charge is 2.38. The number of hydrogen-bond acceptors (Lipinski definition) is 6. The molecule has 0 aliphatic carbocycles. The second-order valence-electron chi connectivity index (χ2n) is 5.67. The summed E-state index contributed by atoms with van der Waals surface area (Å²) >= 11 is 1.25. The minimum absolute atomic E-state index is 0.0468. The molecular weight excluding hydrogens is 362 g/mol. The highest BCUT2D eigenvalue weighted by molar-refractivity contribution is 7.91. The van der Waals surface area contributed by atoms with E-state index in [1.165, 1.54) is 30.6 Å². The Labute approximate surface area is 149 Å². The number of methoxy groups -OCH3 is 1. The number of fused-ring (bicyclic) bond motifs is 1. The summed E-state index contributed by atoms with van der Waals surface area (Å²) in [6, 6.07) is 4.83. The normalized spacial score (nSPS) is 16.4. The number of rotatable bonds is 6. The number of ether oxygens (including phenoxy) is 1. The van der Waals surface area contributed by atoms with Crippen molar-refractivity contribution in [3.8, 4) is 0 Å². The molecule has 0 bridgehead atoms. The van der Waals surface area contributed by atoms with Crippen molar-refractivity contribution in [1.29, 1.82) is 0 Å². The van der Waals surface area contributed by atoms with Gasteiger partial charge in [-0.1, -0.05) is 12.1 Å². The van der Waals surface area contributed by atoms with E-state index in [1.807, 2.05) is 0 Å². The molecule has 0 amide bonds. The van der Waals surface area contributed by atoms with E-state index in [0.29, 0.717) is 23.5 Å². The fourth-order valence-corrected chi connectivity index (χ4v) is 5.05. The second kappa shape index (κ2) is 6.61. The van der Waals surface area contributed by atoms with Crippen molar-refractivity contribution < 1.29 is 22.7 Å². The molecular formula is C17H17NO5S2. The average molecular weight is 379 g/mol. The van der Waals surface area contributed by atoms with Crippen LogP contribution in [0, 0.1) is 0 Å². The monoisotopic (exact) mass is 379 g/mol. The first-order valence-electron chi connectivity index (χ1n) is 7.63. The summed E-state index contributed by atoms with van der Waals surface area (Å²) in [5.74, 6) is -1.62. The first-order chi connectivity index (χ1) is 11.9. The fourth-order valence-electron chi connectivity index (χ4n) is 3.10. The number of ketones is 1. The summed E-state index contributed by atoms with van der Waals surface area (Å²) < 4.78 is 31.7. The quantitative estimate of drug-likeness (QED) is 0.437. The molecule has 2 aromatic rings. The van der Waals surface area contributed by atoms with Gasteiger partial charge in [0.25, 0.3) is 0 Å². The number of aromatic nitrogens is 1. The summed E-state index contributed by atoms with van der Waals surface area (Å²) in [6.07, 6.45) is 1.77. The van der Waals surface area contributed by atoms with Crippen LogP contribution in [0.3, 0.4) is 0 Å². The summed E-state index contributed by atoms with van der Waals surface area (Å²) in [5.41, 5.74) is 0.625. The number of esters is 1. The van der Waals surface area contributed by atoms with Crippen molar-refractivity contribution in [1.82, 2.24) is 4.57 Å². The van der Waals surface area contributed by atoms with E-state index in [-0.39, 0.29) is 22.1 Å². The molecule has 0 spiro atoms. The predicted octanol–water partition coefficient (Wildman–Crippen LogP) is 2.40. The zero-order valence-corrected chi connectivity index (χ0v) is 15.2. The Balaban J connectivity index is 2.20. The van der Waals surface area contributed by atoms with Gasteiger partial charge in [0.05, 0.1) is 28.6 Å². The zero-order chi connectivity index (χ0) is 18.2. The Morgan fingerprint density at radius 3 is 2.84 bits per heavy atom. The van der Waals surface area contributed by atoms with Gasteiger partial charge in [-0.2, -0.15) is 0 Å². The van der Waals surface area contributed by atoms with Crippen LogP contribution in [0.5, 0.6) is 0 Å². The molecule has 0 aromatic carbocycles. The number of sulfone groups is 1. The smallest absolute Gasteiger partial charge is 0.314 e. The maximum Gasteiger partial charge on any atom is 0.314 e. The van der Waals surface area contributed by atoms with Crippen LogP contribution < -0.4 is 0 Å². The Kier molecular flexibility index (Phi) is 4.66. The summed E-state index contributed by atoms with van der Waals surface area (Å²) in [7, 11) is -2.43. The Bertz CT molecular complexity index is 938. The van der Waals surface area contributed by atoms with Crippen LogP contribution in [0.1, 0.15) is 33.4 Å². The SMILES string of the molecule is C=CCS(=O)(=O)c1cc2n(c1C(=O)c1cccs1)CCC2C(=O)OC. The second-order valence-corrected chi connectivity index (χ2v) is 8.62. The highest BCUT2D eigenvalue weighted by Crippen LogP contribution is 2.37. The lowest BCUT2D eigenvalue weighted by atomic mass is 10.1. The van der Waals surface area contributed by atoms with Gasteiger partial charge in [0.2, 0.25) is 5.78 Å². The van der Waals surface area contributed by atoms with E-state index in [0.717, 1.165) is 0 Å². The van der Waals surface area contributed by atoms with Gasteiger partial charge >= 0.3 is 5.97 Å². The maximum atomic E-state index is 12.9. The molecule has 0 N–H and O–H groups in total. The largest absolute Gasteiger partial charge is 0.469 e. The topological polar surface area (TPSA) is 82.4 Å². The third-order valence-electron chi connectivity index (χ3n) is 4.21. The molecule has 6 nitrogen and oxygen atoms in total. The van der Waals surface area contributed by atoms with Crippen molar-refractivity contribution >= 4 is 32.9 Å². The standard InChI is InChI=1S/C17H17NO5S2/c1-3-9-25(21,22)14-10-12-11(17(20)23-2)6-7-18(12)15(14)16(19)13-5-4-8-24-13/h3-5,8,10-11H,1,6-7,9H2,2H3. The van der Waals surface area contributed by atoms with E-state index in [2.05, 4.69) is 6.58 Å². The van der Waals surface area contributed by atoms with Crippen LogP contribution in [0.25, 0.3) is 0 Å². The number of nitrogens with zero attached hydrogens (tertiary/aromatic N) is 1. The van der Waals surface area contributed by atoms with Gasteiger partial charge in [0, 0.05) is 12.2 Å². The molecule has 1 atom stereocenters. The van der Waals surface area contributed by atoms with E-state index < -0.39 is 21.7 Å². The van der Waals surface area contributed by atoms with Gasteiger partial charge in [0.15, 0.2) is 9.84 Å². The van der Waals surface area contributed by atoms with E-state index in [4.69, 9.17) is 4.74 Å².